The molecule has 1 saturated carbocycles. The zero-order valence-electron chi connectivity index (χ0n) is 12.8. The number of nitrogens with zero attached hydrogens (tertiary/aromatic N) is 1. The predicted octanol–water partition coefficient (Wildman–Crippen LogP) is 1.84. The number of anilines is 1. The molecule has 0 spiro atoms. The highest BCUT2D eigenvalue weighted by Gasteiger charge is 2.26. The minimum absolute atomic E-state index is 0.0245. The topological polar surface area (TPSA) is 67.6 Å². The molecule has 1 aliphatic carbocycles. The van der Waals surface area contributed by atoms with Crippen LogP contribution in [-0.4, -0.2) is 43.6 Å². The number of nitrogens with one attached hydrogen (secondary N) is 1. The highest BCUT2D eigenvalue weighted by atomic mass is 16.5. The molecule has 0 bridgehead atoms. The van der Waals surface area contributed by atoms with E-state index in [4.69, 9.17) is 10.5 Å². The zero-order chi connectivity index (χ0) is 15.2. The number of methoxy groups -OCH3 is 1. The minimum atomic E-state index is -0.0245. The molecule has 2 rings (SSSR count). The van der Waals surface area contributed by atoms with Gasteiger partial charge in [-0.1, -0.05) is 18.9 Å². The third-order valence-electron chi connectivity index (χ3n) is 4.09. The summed E-state index contributed by atoms with van der Waals surface area (Å²) in [6.07, 6.45) is 4.51. The molecule has 0 radical (unpaired) electrons. The summed E-state index contributed by atoms with van der Waals surface area (Å²) in [4.78, 5) is 14.2. The number of benzene rings is 1. The molecular formula is C16H25N3O2. The second-order valence-electron chi connectivity index (χ2n) is 5.71. The Labute approximate surface area is 126 Å². The fraction of sp³-hybridized carbons (Fsp3) is 0.562. The normalized spacial score (nSPS) is 22.1. The van der Waals surface area contributed by atoms with Crippen LogP contribution in [0.25, 0.3) is 0 Å². The Morgan fingerprint density at radius 1 is 1.43 bits per heavy atom. The summed E-state index contributed by atoms with van der Waals surface area (Å²) >= 11 is 0. The average Bonchev–Trinajstić information content (AvgIpc) is 2.47. The van der Waals surface area contributed by atoms with Crippen LogP contribution >= 0.6 is 0 Å². The van der Waals surface area contributed by atoms with Crippen molar-refractivity contribution >= 4 is 11.6 Å². The van der Waals surface area contributed by atoms with Gasteiger partial charge in [-0.25, -0.2) is 0 Å². The quantitative estimate of drug-likeness (QED) is 0.868. The molecular weight excluding hydrogens is 266 g/mol. The first-order valence-corrected chi connectivity index (χ1v) is 7.50. The van der Waals surface area contributed by atoms with E-state index < -0.39 is 0 Å². The Bertz CT molecular complexity index is 478. The fourth-order valence-corrected chi connectivity index (χ4v) is 2.93. The minimum Gasteiger partial charge on any atom is -0.497 e. The molecule has 1 amide bonds. The molecule has 3 N–H and O–H groups in total. The van der Waals surface area contributed by atoms with E-state index in [2.05, 4.69) is 10.2 Å². The molecule has 21 heavy (non-hydrogen) atoms. The van der Waals surface area contributed by atoms with E-state index in [1.807, 2.05) is 31.3 Å². The second kappa shape index (κ2) is 7.43. The van der Waals surface area contributed by atoms with Crippen LogP contribution in [0, 0.1) is 0 Å². The van der Waals surface area contributed by atoms with Crippen molar-refractivity contribution in [1.29, 1.82) is 0 Å². The van der Waals surface area contributed by atoms with Gasteiger partial charge in [0, 0.05) is 23.8 Å². The lowest BCUT2D eigenvalue weighted by molar-refractivity contribution is -0.117. The van der Waals surface area contributed by atoms with Crippen molar-refractivity contribution in [3.8, 4) is 5.75 Å². The molecule has 0 heterocycles. The van der Waals surface area contributed by atoms with Crippen LogP contribution in [0.4, 0.5) is 5.69 Å². The third kappa shape index (κ3) is 4.44. The van der Waals surface area contributed by atoms with E-state index in [0.717, 1.165) is 24.3 Å². The van der Waals surface area contributed by atoms with E-state index in [9.17, 15) is 4.79 Å². The van der Waals surface area contributed by atoms with E-state index in [1.165, 1.54) is 12.8 Å². The number of carbonyl (C=O) groups is 1. The molecule has 1 fully saturated rings. The lowest BCUT2D eigenvalue weighted by Gasteiger charge is -2.35. The number of hydrogen-bond acceptors (Lipinski definition) is 4. The van der Waals surface area contributed by atoms with Crippen molar-refractivity contribution < 1.29 is 9.53 Å². The van der Waals surface area contributed by atoms with Crippen molar-refractivity contribution in [1.82, 2.24) is 4.90 Å². The Morgan fingerprint density at radius 3 is 2.90 bits per heavy atom. The van der Waals surface area contributed by atoms with Crippen LogP contribution in [0.3, 0.4) is 0 Å². The summed E-state index contributed by atoms with van der Waals surface area (Å²) in [7, 11) is 3.58. The zero-order valence-corrected chi connectivity index (χ0v) is 12.8. The number of rotatable bonds is 5. The van der Waals surface area contributed by atoms with Gasteiger partial charge in [-0.15, -0.1) is 0 Å². The molecule has 0 saturated heterocycles. The Kier molecular flexibility index (Phi) is 5.59. The maximum atomic E-state index is 12.1. The maximum Gasteiger partial charge on any atom is 0.238 e. The first-order valence-electron chi connectivity index (χ1n) is 7.50. The molecule has 116 valence electrons. The van der Waals surface area contributed by atoms with Gasteiger partial charge in [0.2, 0.25) is 5.91 Å². The summed E-state index contributed by atoms with van der Waals surface area (Å²) in [6.45, 7) is 0.357. The fourth-order valence-electron chi connectivity index (χ4n) is 2.93. The first-order chi connectivity index (χ1) is 10.1. The van der Waals surface area contributed by atoms with E-state index >= 15 is 0 Å². The molecule has 5 heteroatoms. The van der Waals surface area contributed by atoms with Crippen LogP contribution in [0.5, 0.6) is 5.75 Å². The SMILES string of the molecule is COc1cccc(NC(=O)CN(C)C2CCCCC2N)c1. The van der Waals surface area contributed by atoms with E-state index in [1.54, 1.807) is 7.11 Å². The summed E-state index contributed by atoms with van der Waals surface area (Å²) in [5.41, 5.74) is 6.91. The molecule has 0 aromatic heterocycles. The molecule has 0 aliphatic heterocycles. The van der Waals surface area contributed by atoms with Gasteiger partial charge in [-0.3, -0.25) is 9.69 Å². The Morgan fingerprint density at radius 2 is 2.19 bits per heavy atom. The number of hydrogen-bond donors (Lipinski definition) is 2. The lowest BCUT2D eigenvalue weighted by Crippen LogP contribution is -2.50. The van der Waals surface area contributed by atoms with E-state index in [0.29, 0.717) is 12.6 Å². The maximum absolute atomic E-state index is 12.1. The molecule has 5 nitrogen and oxygen atoms in total. The lowest BCUT2D eigenvalue weighted by atomic mass is 9.90. The number of amides is 1. The van der Waals surface area contributed by atoms with Crippen LogP contribution in [0.15, 0.2) is 24.3 Å². The number of carbonyl (C=O) groups excluding carboxylic acids is 1. The molecule has 2 unspecified atom stereocenters. The summed E-state index contributed by atoms with van der Waals surface area (Å²) < 4.78 is 5.15. The van der Waals surface area contributed by atoms with Crippen LogP contribution in [0.2, 0.25) is 0 Å². The second-order valence-corrected chi connectivity index (χ2v) is 5.71. The smallest absolute Gasteiger partial charge is 0.238 e. The van der Waals surface area contributed by atoms with Gasteiger partial charge in [-0.2, -0.15) is 0 Å². The Balaban J connectivity index is 1.88. The van der Waals surface area contributed by atoms with Crippen LogP contribution < -0.4 is 15.8 Å². The van der Waals surface area contributed by atoms with Gasteiger partial charge in [0.05, 0.1) is 13.7 Å². The van der Waals surface area contributed by atoms with E-state index in [-0.39, 0.29) is 11.9 Å². The largest absolute Gasteiger partial charge is 0.497 e. The van der Waals surface area contributed by atoms with Gasteiger partial charge in [0.1, 0.15) is 5.75 Å². The molecule has 2 atom stereocenters. The Hall–Kier alpha value is -1.59. The van der Waals surface area contributed by atoms with Crippen LogP contribution in [0.1, 0.15) is 25.7 Å². The first kappa shape index (κ1) is 15.8. The predicted molar refractivity (Wildman–Crippen MR) is 84.5 cm³/mol. The highest BCUT2D eigenvalue weighted by molar-refractivity contribution is 5.92. The van der Waals surface area contributed by atoms with Crippen molar-refractivity contribution in [2.24, 2.45) is 5.73 Å². The number of ether oxygens (including phenoxy) is 1. The van der Waals surface area contributed by atoms with Gasteiger partial charge >= 0.3 is 0 Å². The summed E-state index contributed by atoms with van der Waals surface area (Å²) in [5.74, 6) is 0.707. The summed E-state index contributed by atoms with van der Waals surface area (Å²) in [5, 5.41) is 2.90. The standard InChI is InChI=1S/C16H25N3O2/c1-19(15-9-4-3-8-14(15)17)11-16(20)18-12-6-5-7-13(10-12)21-2/h5-7,10,14-15H,3-4,8-9,11,17H2,1-2H3,(H,18,20). The highest BCUT2D eigenvalue weighted by Crippen LogP contribution is 2.21. The van der Waals surface area contributed by atoms with Gasteiger partial charge < -0.3 is 15.8 Å². The van der Waals surface area contributed by atoms with Crippen molar-refractivity contribution in [2.45, 2.75) is 37.8 Å². The average molecular weight is 291 g/mol. The number of nitrogens with two attached hydrogens (primary N) is 1. The molecule has 1 aromatic carbocycles. The molecule has 1 aromatic rings. The molecule has 1 aliphatic rings. The van der Waals surface area contributed by atoms with Crippen molar-refractivity contribution in [3.63, 3.8) is 0 Å². The summed E-state index contributed by atoms with van der Waals surface area (Å²) in [6, 6.07) is 7.85. The van der Waals surface area contributed by atoms with Gasteiger partial charge in [0.25, 0.3) is 0 Å². The van der Waals surface area contributed by atoms with Crippen molar-refractivity contribution in [3.05, 3.63) is 24.3 Å². The van der Waals surface area contributed by atoms with Crippen LogP contribution in [-0.2, 0) is 4.79 Å². The monoisotopic (exact) mass is 291 g/mol. The number of likely N-dealkylation sites (N-methyl/N-ethyl adjacent to an activating group) is 1. The van der Waals surface area contributed by atoms with Gasteiger partial charge in [0.15, 0.2) is 0 Å². The third-order valence-corrected chi connectivity index (χ3v) is 4.09. The van der Waals surface area contributed by atoms with Gasteiger partial charge in [-0.05, 0) is 32.0 Å². The van der Waals surface area contributed by atoms with Crippen molar-refractivity contribution in [2.75, 3.05) is 26.0 Å².